The lowest BCUT2D eigenvalue weighted by atomic mass is 10.0. The van der Waals surface area contributed by atoms with Crippen LogP contribution in [0, 0.1) is 5.92 Å². The summed E-state index contributed by atoms with van der Waals surface area (Å²) < 4.78 is 5.14. The Morgan fingerprint density at radius 1 is 1.18 bits per heavy atom. The molecule has 28 heavy (non-hydrogen) atoms. The summed E-state index contributed by atoms with van der Waals surface area (Å²) in [5.41, 5.74) is 0.882. The quantitative estimate of drug-likeness (QED) is 0.555. The second kappa shape index (κ2) is 10.6. The first-order valence-corrected chi connectivity index (χ1v) is 10.1. The van der Waals surface area contributed by atoms with E-state index >= 15 is 0 Å². The van der Waals surface area contributed by atoms with Gasteiger partial charge in [-0.25, -0.2) is 4.79 Å². The third-order valence-corrected chi connectivity index (χ3v) is 4.93. The maximum absolute atomic E-state index is 12.6. The van der Waals surface area contributed by atoms with E-state index in [2.05, 4.69) is 26.1 Å². The molecule has 152 valence electrons. The Morgan fingerprint density at radius 2 is 1.89 bits per heavy atom. The van der Waals surface area contributed by atoms with Crippen molar-refractivity contribution in [3.05, 3.63) is 24.3 Å². The fourth-order valence-corrected chi connectivity index (χ4v) is 3.17. The molecule has 1 heterocycles. The molecule has 9 heteroatoms. The van der Waals surface area contributed by atoms with Crippen LogP contribution in [0.5, 0.6) is 5.75 Å². The fourth-order valence-electron chi connectivity index (χ4n) is 2.41. The van der Waals surface area contributed by atoms with Crippen LogP contribution < -0.4 is 20.7 Å². The molecule has 3 amide bonds. The van der Waals surface area contributed by atoms with E-state index in [-0.39, 0.29) is 17.9 Å². The van der Waals surface area contributed by atoms with E-state index in [0.29, 0.717) is 16.7 Å². The number of benzene rings is 1. The van der Waals surface area contributed by atoms with Crippen molar-refractivity contribution in [2.45, 2.75) is 39.7 Å². The van der Waals surface area contributed by atoms with Crippen molar-refractivity contribution in [3.63, 3.8) is 0 Å². The third-order valence-electron chi connectivity index (χ3n) is 4.04. The highest BCUT2D eigenvalue weighted by molar-refractivity contribution is 7.18. The Balaban J connectivity index is 1.99. The van der Waals surface area contributed by atoms with Gasteiger partial charge in [-0.2, -0.15) is 0 Å². The summed E-state index contributed by atoms with van der Waals surface area (Å²) in [4.78, 5) is 24.6. The van der Waals surface area contributed by atoms with Gasteiger partial charge in [0, 0.05) is 12.1 Å². The number of hydrogen-bond donors (Lipinski definition) is 3. The molecule has 3 N–H and O–H groups in total. The second-order valence-electron chi connectivity index (χ2n) is 6.61. The number of anilines is 1. The number of carbonyl (C=O) groups excluding carboxylic acids is 2. The van der Waals surface area contributed by atoms with Crippen molar-refractivity contribution in [3.8, 4) is 16.3 Å². The molecule has 2 rings (SSSR count). The first kappa shape index (κ1) is 21.6. The number of amides is 3. The summed E-state index contributed by atoms with van der Waals surface area (Å²) >= 11 is 1.27. The normalized spacial score (nSPS) is 11.8. The first-order chi connectivity index (χ1) is 13.4. The zero-order valence-corrected chi connectivity index (χ0v) is 17.4. The van der Waals surface area contributed by atoms with Gasteiger partial charge in [-0.1, -0.05) is 38.5 Å². The number of aromatic nitrogens is 2. The van der Waals surface area contributed by atoms with Crippen LogP contribution >= 0.6 is 11.3 Å². The highest BCUT2D eigenvalue weighted by Gasteiger charge is 2.25. The number of hydrogen-bond acceptors (Lipinski definition) is 6. The van der Waals surface area contributed by atoms with E-state index in [0.717, 1.165) is 24.2 Å². The highest BCUT2D eigenvalue weighted by Crippen LogP contribution is 2.27. The zero-order chi connectivity index (χ0) is 20.5. The topological polar surface area (TPSA) is 105 Å². The van der Waals surface area contributed by atoms with Gasteiger partial charge < -0.3 is 15.4 Å². The number of nitrogens with one attached hydrogen (secondary N) is 3. The van der Waals surface area contributed by atoms with Gasteiger partial charge in [-0.15, -0.1) is 10.2 Å². The molecule has 8 nitrogen and oxygen atoms in total. The van der Waals surface area contributed by atoms with Crippen LogP contribution in [0.4, 0.5) is 9.93 Å². The number of ether oxygens (including phenoxy) is 1. The van der Waals surface area contributed by atoms with Gasteiger partial charge in [-0.3, -0.25) is 10.1 Å². The molecule has 1 aromatic heterocycles. The molecule has 0 saturated carbocycles. The van der Waals surface area contributed by atoms with Gasteiger partial charge >= 0.3 is 6.03 Å². The SMILES string of the molecule is CCCCNC(=O)N[C@H](C(=O)Nc1nnc(-c2ccc(OC)cc2)s1)C(C)C. The van der Waals surface area contributed by atoms with Gasteiger partial charge in [0.25, 0.3) is 0 Å². The molecule has 1 aromatic carbocycles. The monoisotopic (exact) mass is 405 g/mol. The number of unbranched alkanes of at least 4 members (excludes halogenated alkanes) is 1. The van der Waals surface area contributed by atoms with Crippen LogP contribution in [0.15, 0.2) is 24.3 Å². The molecule has 0 spiro atoms. The van der Waals surface area contributed by atoms with Crippen molar-refractivity contribution in [1.82, 2.24) is 20.8 Å². The zero-order valence-electron chi connectivity index (χ0n) is 16.6. The number of rotatable bonds is 9. The lowest BCUT2D eigenvalue weighted by molar-refractivity contribution is -0.118. The Labute approximate surface area is 169 Å². The van der Waals surface area contributed by atoms with E-state index in [4.69, 9.17) is 4.74 Å². The van der Waals surface area contributed by atoms with E-state index in [1.54, 1.807) is 7.11 Å². The van der Waals surface area contributed by atoms with Crippen LogP contribution in [0.25, 0.3) is 10.6 Å². The third kappa shape index (κ3) is 6.19. The highest BCUT2D eigenvalue weighted by atomic mass is 32.1. The molecule has 0 unspecified atom stereocenters. The van der Waals surface area contributed by atoms with E-state index < -0.39 is 6.04 Å². The Morgan fingerprint density at radius 3 is 2.50 bits per heavy atom. The molecule has 0 aliphatic rings. The summed E-state index contributed by atoms with van der Waals surface area (Å²) in [7, 11) is 1.61. The van der Waals surface area contributed by atoms with Crippen molar-refractivity contribution >= 4 is 28.4 Å². The van der Waals surface area contributed by atoms with Gasteiger partial charge in [0.2, 0.25) is 11.0 Å². The lowest BCUT2D eigenvalue weighted by Crippen LogP contribution is -2.50. The van der Waals surface area contributed by atoms with Crippen molar-refractivity contribution in [1.29, 1.82) is 0 Å². The van der Waals surface area contributed by atoms with Crippen molar-refractivity contribution in [2.75, 3.05) is 19.0 Å². The molecule has 0 aliphatic heterocycles. The van der Waals surface area contributed by atoms with Crippen molar-refractivity contribution in [2.24, 2.45) is 5.92 Å². The summed E-state index contributed by atoms with van der Waals surface area (Å²) in [5, 5.41) is 17.5. The van der Waals surface area contributed by atoms with E-state index in [9.17, 15) is 9.59 Å². The van der Waals surface area contributed by atoms with Crippen LogP contribution in [-0.2, 0) is 4.79 Å². The second-order valence-corrected chi connectivity index (χ2v) is 7.58. The summed E-state index contributed by atoms with van der Waals surface area (Å²) in [5.74, 6) is 0.355. The molecular formula is C19H27N5O3S. The van der Waals surface area contributed by atoms with Gasteiger partial charge in [0.1, 0.15) is 16.8 Å². The molecule has 0 saturated heterocycles. The Hall–Kier alpha value is -2.68. The lowest BCUT2D eigenvalue weighted by Gasteiger charge is -2.21. The number of nitrogens with zero attached hydrogens (tertiary/aromatic N) is 2. The van der Waals surface area contributed by atoms with Crippen LogP contribution in [-0.4, -0.2) is 41.8 Å². The average Bonchev–Trinajstić information content (AvgIpc) is 3.14. The van der Waals surface area contributed by atoms with Crippen LogP contribution in [0.1, 0.15) is 33.6 Å². The smallest absolute Gasteiger partial charge is 0.315 e. The minimum Gasteiger partial charge on any atom is -0.497 e. The largest absolute Gasteiger partial charge is 0.497 e. The number of carbonyl (C=O) groups is 2. The molecule has 0 fully saturated rings. The number of methoxy groups -OCH3 is 1. The first-order valence-electron chi connectivity index (χ1n) is 9.27. The minimum atomic E-state index is -0.671. The maximum Gasteiger partial charge on any atom is 0.315 e. The standard InChI is InChI=1S/C19H27N5O3S/c1-5-6-11-20-18(26)21-15(12(2)3)16(25)22-19-24-23-17(28-19)13-7-9-14(27-4)10-8-13/h7-10,12,15H,5-6,11H2,1-4H3,(H2,20,21,26)(H,22,24,25)/t15-/m0/s1. The Kier molecular flexibility index (Phi) is 8.19. The summed E-state index contributed by atoms with van der Waals surface area (Å²) in [6.45, 7) is 6.38. The minimum absolute atomic E-state index is 0.0779. The molecule has 2 aromatic rings. The summed E-state index contributed by atoms with van der Waals surface area (Å²) in [6.07, 6.45) is 1.88. The van der Waals surface area contributed by atoms with Crippen LogP contribution in [0.2, 0.25) is 0 Å². The average molecular weight is 406 g/mol. The van der Waals surface area contributed by atoms with E-state index in [1.807, 2.05) is 45.0 Å². The van der Waals surface area contributed by atoms with Crippen molar-refractivity contribution < 1.29 is 14.3 Å². The molecule has 0 bridgehead atoms. The Bertz CT molecular complexity index is 776. The maximum atomic E-state index is 12.6. The molecule has 1 atom stereocenters. The van der Waals surface area contributed by atoms with Gasteiger partial charge in [0.15, 0.2) is 0 Å². The number of urea groups is 1. The van der Waals surface area contributed by atoms with Gasteiger partial charge in [-0.05, 0) is 36.6 Å². The molecular weight excluding hydrogens is 378 g/mol. The molecule has 0 radical (unpaired) electrons. The predicted molar refractivity (Wildman–Crippen MR) is 111 cm³/mol. The van der Waals surface area contributed by atoms with Crippen LogP contribution in [0.3, 0.4) is 0 Å². The fraction of sp³-hybridized carbons (Fsp3) is 0.474. The predicted octanol–water partition coefficient (Wildman–Crippen LogP) is 3.28. The summed E-state index contributed by atoms with van der Waals surface area (Å²) in [6, 6.07) is 6.41. The van der Waals surface area contributed by atoms with Gasteiger partial charge in [0.05, 0.1) is 7.11 Å². The van der Waals surface area contributed by atoms with E-state index in [1.165, 1.54) is 11.3 Å². The molecule has 0 aliphatic carbocycles.